The lowest BCUT2D eigenvalue weighted by Gasteiger charge is -2.40. The van der Waals surface area contributed by atoms with Crippen molar-refractivity contribution in [3.8, 4) is 0 Å². The molecule has 132 valence electrons. The van der Waals surface area contributed by atoms with Crippen molar-refractivity contribution >= 4 is 11.9 Å². The minimum Gasteiger partial charge on any atom is -0.465 e. The van der Waals surface area contributed by atoms with Crippen LogP contribution in [0.25, 0.3) is 0 Å². The third-order valence-corrected chi connectivity index (χ3v) is 5.04. The molecule has 0 aliphatic heterocycles. The SMILES string of the molecule is CCOC(=O)C(OC(O)(C(=O)OC)C1CCCCC1)C1CCC1. The molecular weight excluding hydrogens is 300 g/mol. The van der Waals surface area contributed by atoms with Gasteiger partial charge >= 0.3 is 11.9 Å². The minimum atomic E-state index is -2.07. The van der Waals surface area contributed by atoms with Crippen LogP contribution in [0.5, 0.6) is 0 Å². The molecule has 6 heteroatoms. The number of esters is 2. The van der Waals surface area contributed by atoms with Gasteiger partial charge in [0.25, 0.3) is 5.79 Å². The Morgan fingerprint density at radius 1 is 1.13 bits per heavy atom. The van der Waals surface area contributed by atoms with E-state index in [4.69, 9.17) is 14.2 Å². The number of rotatable bonds is 7. The molecule has 2 unspecified atom stereocenters. The van der Waals surface area contributed by atoms with E-state index in [0.29, 0.717) is 12.8 Å². The van der Waals surface area contributed by atoms with Crippen molar-refractivity contribution < 1.29 is 28.9 Å². The molecule has 1 N–H and O–H groups in total. The highest BCUT2D eigenvalue weighted by Crippen LogP contribution is 2.39. The van der Waals surface area contributed by atoms with Crippen LogP contribution < -0.4 is 0 Å². The summed E-state index contributed by atoms with van der Waals surface area (Å²) >= 11 is 0. The topological polar surface area (TPSA) is 82.1 Å². The maximum absolute atomic E-state index is 12.2. The monoisotopic (exact) mass is 328 g/mol. The number of aliphatic hydroxyl groups is 1. The first-order valence-electron chi connectivity index (χ1n) is 8.68. The van der Waals surface area contributed by atoms with Gasteiger partial charge in [-0.1, -0.05) is 25.7 Å². The van der Waals surface area contributed by atoms with Crippen molar-refractivity contribution in [2.75, 3.05) is 13.7 Å². The molecule has 2 fully saturated rings. The summed E-state index contributed by atoms with van der Waals surface area (Å²) in [5.41, 5.74) is 0. The van der Waals surface area contributed by atoms with Crippen molar-refractivity contribution in [3.63, 3.8) is 0 Å². The lowest BCUT2D eigenvalue weighted by molar-refractivity contribution is -0.275. The molecule has 2 aliphatic carbocycles. The minimum absolute atomic E-state index is 0.00572. The van der Waals surface area contributed by atoms with Crippen molar-refractivity contribution in [1.82, 2.24) is 0 Å². The van der Waals surface area contributed by atoms with Crippen LogP contribution in [0, 0.1) is 11.8 Å². The largest absolute Gasteiger partial charge is 0.465 e. The van der Waals surface area contributed by atoms with Gasteiger partial charge in [-0.2, -0.15) is 0 Å². The van der Waals surface area contributed by atoms with Crippen LogP contribution in [0.3, 0.4) is 0 Å². The summed E-state index contributed by atoms with van der Waals surface area (Å²) in [5.74, 6) is -3.75. The molecule has 0 aromatic heterocycles. The van der Waals surface area contributed by atoms with Gasteiger partial charge in [0.15, 0.2) is 6.10 Å². The Bertz CT molecular complexity index is 413. The van der Waals surface area contributed by atoms with Crippen LogP contribution >= 0.6 is 0 Å². The third kappa shape index (κ3) is 4.04. The standard InChI is InChI=1S/C17H28O6/c1-3-22-15(18)14(12-8-7-9-12)23-17(20,16(19)21-2)13-10-5-4-6-11-13/h12-14,20H,3-11H2,1-2H3. The van der Waals surface area contributed by atoms with Gasteiger partial charge in [-0.3, -0.25) is 0 Å². The van der Waals surface area contributed by atoms with E-state index in [-0.39, 0.29) is 18.4 Å². The summed E-state index contributed by atoms with van der Waals surface area (Å²) in [6, 6.07) is 0. The highest BCUT2D eigenvalue weighted by Gasteiger charge is 2.51. The van der Waals surface area contributed by atoms with Crippen LogP contribution in [-0.4, -0.2) is 42.7 Å². The zero-order valence-electron chi connectivity index (χ0n) is 14.1. The zero-order chi connectivity index (χ0) is 16.9. The Hall–Kier alpha value is -1.14. The highest BCUT2D eigenvalue weighted by molar-refractivity contribution is 5.80. The molecule has 0 radical (unpaired) electrons. The average molecular weight is 328 g/mol. The molecule has 0 heterocycles. The predicted octanol–water partition coefficient (Wildman–Crippen LogP) is 2.18. The second kappa shape index (κ2) is 8.11. The van der Waals surface area contributed by atoms with E-state index in [1.807, 2.05) is 0 Å². The van der Waals surface area contributed by atoms with Gasteiger partial charge in [-0.25, -0.2) is 9.59 Å². The summed E-state index contributed by atoms with van der Waals surface area (Å²) in [6.45, 7) is 1.97. The molecule has 2 atom stereocenters. The summed E-state index contributed by atoms with van der Waals surface area (Å²) in [4.78, 5) is 24.5. The summed E-state index contributed by atoms with van der Waals surface area (Å²) in [5, 5.41) is 11.0. The first-order valence-corrected chi connectivity index (χ1v) is 8.68. The maximum Gasteiger partial charge on any atom is 0.366 e. The fraction of sp³-hybridized carbons (Fsp3) is 0.882. The molecule has 0 aromatic carbocycles. The lowest BCUT2D eigenvalue weighted by atomic mass is 9.79. The summed E-state index contributed by atoms with van der Waals surface area (Å²) < 4.78 is 15.6. The van der Waals surface area contributed by atoms with Gasteiger partial charge in [-0.15, -0.1) is 0 Å². The predicted molar refractivity (Wildman–Crippen MR) is 82.4 cm³/mol. The van der Waals surface area contributed by atoms with E-state index in [2.05, 4.69) is 0 Å². The van der Waals surface area contributed by atoms with Gasteiger partial charge in [-0.05, 0) is 38.5 Å². The molecule has 0 saturated heterocycles. The van der Waals surface area contributed by atoms with Crippen molar-refractivity contribution in [2.45, 2.75) is 70.2 Å². The number of carbonyl (C=O) groups is 2. The van der Waals surface area contributed by atoms with Gasteiger partial charge in [0.1, 0.15) is 0 Å². The van der Waals surface area contributed by atoms with Gasteiger partial charge < -0.3 is 19.3 Å². The Kier molecular flexibility index (Phi) is 6.41. The lowest BCUT2D eigenvalue weighted by Crippen LogP contribution is -2.55. The van der Waals surface area contributed by atoms with E-state index in [0.717, 1.165) is 38.5 Å². The highest BCUT2D eigenvalue weighted by atomic mass is 16.7. The summed E-state index contributed by atoms with van der Waals surface area (Å²) in [6.07, 6.45) is 6.10. The fourth-order valence-electron chi connectivity index (χ4n) is 3.45. The summed E-state index contributed by atoms with van der Waals surface area (Å²) in [7, 11) is 1.22. The van der Waals surface area contributed by atoms with E-state index >= 15 is 0 Å². The van der Waals surface area contributed by atoms with Crippen LogP contribution in [0.2, 0.25) is 0 Å². The van der Waals surface area contributed by atoms with E-state index < -0.39 is 23.8 Å². The Balaban J connectivity index is 2.18. The smallest absolute Gasteiger partial charge is 0.366 e. The first-order chi connectivity index (χ1) is 11.0. The molecule has 6 nitrogen and oxygen atoms in total. The zero-order valence-corrected chi connectivity index (χ0v) is 14.1. The molecule has 0 aromatic rings. The number of carbonyl (C=O) groups excluding carboxylic acids is 2. The van der Waals surface area contributed by atoms with Crippen molar-refractivity contribution in [2.24, 2.45) is 11.8 Å². The van der Waals surface area contributed by atoms with Gasteiger partial charge in [0.05, 0.1) is 13.7 Å². The van der Waals surface area contributed by atoms with Crippen LogP contribution in [0.4, 0.5) is 0 Å². The molecule has 0 amide bonds. The van der Waals surface area contributed by atoms with Gasteiger partial charge in [0.2, 0.25) is 0 Å². The molecule has 2 rings (SSSR count). The number of hydrogen-bond donors (Lipinski definition) is 1. The molecule has 2 aliphatic rings. The van der Waals surface area contributed by atoms with Crippen LogP contribution in [0.1, 0.15) is 58.3 Å². The Morgan fingerprint density at radius 3 is 2.26 bits per heavy atom. The average Bonchev–Trinajstić information content (AvgIpc) is 2.52. The van der Waals surface area contributed by atoms with E-state index in [1.54, 1.807) is 6.92 Å². The Labute approximate surface area is 137 Å². The van der Waals surface area contributed by atoms with E-state index in [9.17, 15) is 14.7 Å². The van der Waals surface area contributed by atoms with Gasteiger partial charge in [0, 0.05) is 5.92 Å². The van der Waals surface area contributed by atoms with Crippen LogP contribution in [0.15, 0.2) is 0 Å². The number of ether oxygens (including phenoxy) is 3. The maximum atomic E-state index is 12.2. The molecule has 2 saturated carbocycles. The van der Waals surface area contributed by atoms with Crippen molar-refractivity contribution in [1.29, 1.82) is 0 Å². The van der Waals surface area contributed by atoms with Crippen LogP contribution in [-0.2, 0) is 23.8 Å². The second-order valence-corrected chi connectivity index (χ2v) is 6.50. The molecule has 23 heavy (non-hydrogen) atoms. The molecular formula is C17H28O6. The molecule has 0 spiro atoms. The second-order valence-electron chi connectivity index (χ2n) is 6.50. The quantitative estimate of drug-likeness (QED) is 0.570. The fourth-order valence-corrected chi connectivity index (χ4v) is 3.45. The molecule has 0 bridgehead atoms. The third-order valence-electron chi connectivity index (χ3n) is 5.04. The van der Waals surface area contributed by atoms with E-state index in [1.165, 1.54) is 7.11 Å². The van der Waals surface area contributed by atoms with Crippen molar-refractivity contribution in [3.05, 3.63) is 0 Å². The number of methoxy groups -OCH3 is 1. The first kappa shape index (κ1) is 18.2. The normalized spacial score (nSPS) is 23.4. The number of hydrogen-bond acceptors (Lipinski definition) is 6. The Morgan fingerprint density at radius 2 is 1.78 bits per heavy atom.